The summed E-state index contributed by atoms with van der Waals surface area (Å²) in [4.78, 5) is 0. The van der Waals surface area contributed by atoms with E-state index in [1.54, 1.807) is 0 Å². The Kier molecular flexibility index (Phi) is 4.76. The second-order valence-electron chi connectivity index (χ2n) is 5.45. The van der Waals surface area contributed by atoms with Gasteiger partial charge in [-0.15, -0.1) is 0 Å². The lowest BCUT2D eigenvalue weighted by Gasteiger charge is -2.22. The van der Waals surface area contributed by atoms with Gasteiger partial charge in [-0.2, -0.15) is 5.10 Å². The van der Waals surface area contributed by atoms with Crippen LogP contribution in [0.5, 0.6) is 0 Å². The summed E-state index contributed by atoms with van der Waals surface area (Å²) in [5.41, 5.74) is 1.88. The molecule has 0 bridgehead atoms. The lowest BCUT2D eigenvalue weighted by molar-refractivity contribution is 0.395. The minimum atomic E-state index is -2.86. The highest BCUT2D eigenvalue weighted by Crippen LogP contribution is 2.27. The Morgan fingerprint density at radius 3 is 2.70 bits per heavy atom. The molecule has 20 heavy (non-hydrogen) atoms. The summed E-state index contributed by atoms with van der Waals surface area (Å²) in [7, 11) is 0.905. The monoisotopic (exact) mass is 319 g/mol. The van der Waals surface area contributed by atoms with E-state index >= 15 is 0 Å². The molecule has 1 fully saturated rings. The lowest BCUT2D eigenvalue weighted by Crippen LogP contribution is -2.36. The Labute approximate surface area is 125 Å². The number of aromatic nitrogens is 2. The van der Waals surface area contributed by atoms with Gasteiger partial charge in [0.15, 0.2) is 9.84 Å². The normalized spacial score (nSPS) is 23.1. The van der Waals surface area contributed by atoms with Crippen LogP contribution in [0.2, 0.25) is 5.02 Å². The maximum absolute atomic E-state index is 11.6. The number of hydrogen-bond acceptors (Lipinski definition) is 4. The van der Waals surface area contributed by atoms with Gasteiger partial charge in [0, 0.05) is 19.5 Å². The van der Waals surface area contributed by atoms with E-state index < -0.39 is 9.84 Å². The van der Waals surface area contributed by atoms with Crippen LogP contribution in [0.25, 0.3) is 0 Å². The molecule has 2 rings (SSSR count). The molecule has 7 heteroatoms. The molecule has 0 aliphatic carbocycles. The zero-order chi connectivity index (χ0) is 14.9. The molecule has 1 aromatic rings. The molecule has 0 spiro atoms. The van der Waals surface area contributed by atoms with Crippen LogP contribution in [-0.4, -0.2) is 42.8 Å². The zero-order valence-corrected chi connectivity index (χ0v) is 13.8. The summed E-state index contributed by atoms with van der Waals surface area (Å²) in [6.07, 6.45) is 2.23. The number of hydrogen-bond donors (Lipinski definition) is 1. The van der Waals surface area contributed by atoms with E-state index in [0.717, 1.165) is 29.3 Å². The van der Waals surface area contributed by atoms with Gasteiger partial charge in [0.25, 0.3) is 0 Å². The van der Waals surface area contributed by atoms with Crippen LogP contribution in [0.15, 0.2) is 0 Å². The molecule has 0 amide bonds. The molecule has 1 aliphatic heterocycles. The van der Waals surface area contributed by atoms with Crippen molar-refractivity contribution >= 4 is 21.4 Å². The number of sulfone groups is 1. The van der Waals surface area contributed by atoms with Crippen molar-refractivity contribution in [3.05, 3.63) is 16.4 Å². The van der Waals surface area contributed by atoms with Crippen LogP contribution in [0, 0.1) is 5.92 Å². The van der Waals surface area contributed by atoms with Gasteiger partial charge in [-0.1, -0.05) is 18.5 Å². The maximum atomic E-state index is 11.6. The Morgan fingerprint density at radius 2 is 2.25 bits per heavy atom. The topological polar surface area (TPSA) is 64.0 Å². The quantitative estimate of drug-likeness (QED) is 0.886. The van der Waals surface area contributed by atoms with Crippen molar-refractivity contribution in [3.63, 3.8) is 0 Å². The summed E-state index contributed by atoms with van der Waals surface area (Å²) >= 11 is 6.36. The average Bonchev–Trinajstić information content (AvgIpc) is 2.88. The van der Waals surface area contributed by atoms with Crippen molar-refractivity contribution in [3.8, 4) is 0 Å². The third-order valence-electron chi connectivity index (χ3n) is 4.12. The van der Waals surface area contributed by atoms with Crippen LogP contribution >= 0.6 is 11.6 Å². The average molecular weight is 320 g/mol. The number of aryl methyl sites for hydroxylation is 2. The Balaban J connectivity index is 2.17. The van der Waals surface area contributed by atoms with Crippen molar-refractivity contribution in [1.29, 1.82) is 0 Å². The lowest BCUT2D eigenvalue weighted by atomic mass is 9.95. The number of nitrogens with one attached hydrogen (secondary N) is 1. The molecule has 2 atom stereocenters. The molecule has 0 aromatic carbocycles. The number of likely N-dealkylation sites (N-methyl/N-ethyl adjacent to an activating group) is 1. The summed E-state index contributed by atoms with van der Waals surface area (Å²) in [5.74, 6) is 0.727. The Hall–Kier alpha value is -0.590. The van der Waals surface area contributed by atoms with Gasteiger partial charge in [-0.3, -0.25) is 4.68 Å². The van der Waals surface area contributed by atoms with E-state index in [1.165, 1.54) is 0 Å². The molecule has 1 aromatic heterocycles. The number of halogens is 1. The largest absolute Gasteiger partial charge is 0.316 e. The number of nitrogens with zero attached hydrogens (tertiary/aromatic N) is 2. The fraction of sp³-hybridized carbons (Fsp3) is 0.769. The molecule has 114 valence electrons. The Bertz CT molecular complexity index is 583. The summed E-state index contributed by atoms with van der Waals surface area (Å²) in [6.45, 7) is 2.02. The second-order valence-corrected chi connectivity index (χ2v) is 8.05. The first-order valence-electron chi connectivity index (χ1n) is 6.96. The van der Waals surface area contributed by atoms with Gasteiger partial charge in [0.05, 0.1) is 27.9 Å². The molecule has 2 heterocycles. The summed E-state index contributed by atoms with van der Waals surface area (Å²) < 4.78 is 25.1. The minimum Gasteiger partial charge on any atom is -0.316 e. The van der Waals surface area contributed by atoms with E-state index in [9.17, 15) is 8.42 Å². The standard InChI is InChI=1S/C13H22ClN3O2S/c1-4-10-13(14)12(17(3)16-10)7-11(15-2)9-5-6-20(18,19)8-9/h9,11,15H,4-8H2,1-3H3. The maximum Gasteiger partial charge on any atom is 0.150 e. The second kappa shape index (κ2) is 6.03. The minimum absolute atomic E-state index is 0.116. The van der Waals surface area contributed by atoms with E-state index in [4.69, 9.17) is 11.6 Å². The first kappa shape index (κ1) is 15.8. The smallest absolute Gasteiger partial charge is 0.150 e. The van der Waals surface area contributed by atoms with Crippen LogP contribution in [0.4, 0.5) is 0 Å². The Morgan fingerprint density at radius 1 is 1.55 bits per heavy atom. The summed E-state index contributed by atoms with van der Waals surface area (Å²) in [5, 5.41) is 8.38. The predicted octanol–water partition coefficient (Wildman–Crippen LogP) is 1.20. The molecule has 1 aliphatic rings. The molecular formula is C13H22ClN3O2S. The van der Waals surface area contributed by atoms with Crippen molar-refractivity contribution in [1.82, 2.24) is 15.1 Å². The summed E-state index contributed by atoms with van der Waals surface area (Å²) in [6, 6.07) is 0.116. The molecule has 0 radical (unpaired) electrons. The first-order valence-corrected chi connectivity index (χ1v) is 9.15. The molecule has 2 unspecified atom stereocenters. The van der Waals surface area contributed by atoms with Crippen molar-refractivity contribution < 1.29 is 8.42 Å². The van der Waals surface area contributed by atoms with E-state index in [1.807, 2.05) is 25.7 Å². The van der Waals surface area contributed by atoms with Crippen molar-refractivity contribution in [2.24, 2.45) is 13.0 Å². The molecule has 1 saturated heterocycles. The highest BCUT2D eigenvalue weighted by Gasteiger charge is 2.34. The fourth-order valence-electron chi connectivity index (χ4n) is 2.90. The zero-order valence-electron chi connectivity index (χ0n) is 12.2. The van der Waals surface area contributed by atoms with E-state index in [2.05, 4.69) is 10.4 Å². The SMILES string of the molecule is CCc1nn(C)c(CC(NC)C2CCS(=O)(=O)C2)c1Cl. The van der Waals surface area contributed by atoms with Crippen LogP contribution < -0.4 is 5.32 Å². The predicted molar refractivity (Wildman–Crippen MR) is 80.9 cm³/mol. The van der Waals surface area contributed by atoms with E-state index in [0.29, 0.717) is 12.2 Å². The van der Waals surface area contributed by atoms with E-state index in [-0.39, 0.29) is 17.7 Å². The van der Waals surface area contributed by atoms with Gasteiger partial charge in [0.1, 0.15) is 0 Å². The molecule has 0 saturated carbocycles. The fourth-order valence-corrected chi connectivity index (χ4v) is 5.15. The van der Waals surface area contributed by atoms with Crippen molar-refractivity contribution in [2.45, 2.75) is 32.2 Å². The van der Waals surface area contributed by atoms with Crippen LogP contribution in [0.3, 0.4) is 0 Å². The molecule has 5 nitrogen and oxygen atoms in total. The van der Waals surface area contributed by atoms with Crippen LogP contribution in [-0.2, 0) is 29.7 Å². The number of rotatable bonds is 5. The van der Waals surface area contributed by atoms with Gasteiger partial charge >= 0.3 is 0 Å². The molecule has 1 N–H and O–H groups in total. The first-order chi connectivity index (χ1) is 9.38. The van der Waals surface area contributed by atoms with Crippen LogP contribution in [0.1, 0.15) is 24.7 Å². The van der Waals surface area contributed by atoms with Gasteiger partial charge < -0.3 is 5.32 Å². The van der Waals surface area contributed by atoms with Gasteiger partial charge in [0.2, 0.25) is 0 Å². The van der Waals surface area contributed by atoms with Crippen molar-refractivity contribution in [2.75, 3.05) is 18.6 Å². The highest BCUT2D eigenvalue weighted by atomic mass is 35.5. The third-order valence-corrected chi connectivity index (χ3v) is 6.35. The van der Waals surface area contributed by atoms with Gasteiger partial charge in [-0.05, 0) is 25.8 Å². The molecular weight excluding hydrogens is 298 g/mol. The highest BCUT2D eigenvalue weighted by molar-refractivity contribution is 7.91. The van der Waals surface area contributed by atoms with Gasteiger partial charge in [-0.25, -0.2) is 8.42 Å². The third kappa shape index (κ3) is 3.18.